The van der Waals surface area contributed by atoms with Crippen molar-refractivity contribution in [3.8, 4) is 34.5 Å². The van der Waals surface area contributed by atoms with E-state index in [0.29, 0.717) is 0 Å². The van der Waals surface area contributed by atoms with Gasteiger partial charge in [-0.1, -0.05) is 0 Å². The highest BCUT2D eigenvalue weighted by molar-refractivity contribution is 14.1. The van der Waals surface area contributed by atoms with Crippen LogP contribution < -0.4 is 10.4 Å². The Labute approximate surface area is 180 Å². The number of benzene rings is 3. The van der Waals surface area contributed by atoms with E-state index in [-0.39, 0.29) is 65.5 Å². The van der Waals surface area contributed by atoms with Gasteiger partial charge in [0.2, 0.25) is 0 Å². The van der Waals surface area contributed by atoms with Gasteiger partial charge in [0.05, 0.1) is 25.5 Å². The Balaban J connectivity index is 2.32. The lowest BCUT2D eigenvalue weighted by Crippen LogP contribution is -2.12. The van der Waals surface area contributed by atoms with Gasteiger partial charge in [-0.05, 0) is 28.1 Å². The van der Waals surface area contributed by atoms with Gasteiger partial charge < -0.3 is 35.5 Å². The summed E-state index contributed by atoms with van der Waals surface area (Å²) in [6.07, 6.45) is 0. The van der Waals surface area contributed by atoms with Crippen molar-refractivity contribution in [1.29, 1.82) is 0 Å². The molecule has 0 spiro atoms. The lowest BCUT2D eigenvalue weighted by Gasteiger charge is -2.27. The molecule has 144 valence electrons. The molecule has 0 heterocycles. The van der Waals surface area contributed by atoms with E-state index >= 15 is 0 Å². The number of aromatic hydroxyl groups is 6. The van der Waals surface area contributed by atoms with E-state index in [1.165, 1.54) is 49.1 Å². The van der Waals surface area contributed by atoms with Crippen molar-refractivity contribution in [2.45, 2.75) is 4.90 Å². The molecule has 3 rings (SSSR count). The van der Waals surface area contributed by atoms with Crippen LogP contribution in [-0.4, -0.2) is 38.5 Å². The second-order valence-corrected chi connectivity index (χ2v) is 7.60. The quantitative estimate of drug-likeness (QED) is 0.164. The molecule has 10 heteroatoms. The van der Waals surface area contributed by atoms with E-state index in [1.54, 1.807) is 22.6 Å². The molecule has 6 N–H and O–H groups in total. The molecule has 0 saturated carbocycles. The fourth-order valence-corrected chi connectivity index (χ4v) is 3.11. The third kappa shape index (κ3) is 3.57. The van der Waals surface area contributed by atoms with Crippen LogP contribution in [0.3, 0.4) is 0 Å². The van der Waals surface area contributed by atoms with Gasteiger partial charge in [0.15, 0.2) is 0 Å². The third-order valence-corrected chi connectivity index (χ3v) is 5.75. The minimum absolute atomic E-state index is 0.0217. The van der Waals surface area contributed by atoms with Crippen LogP contribution in [0.25, 0.3) is 0 Å². The molecular formula is C18H15BINO6S. The monoisotopic (exact) mass is 511 g/mol. The third-order valence-electron chi connectivity index (χ3n) is 4.19. The normalized spacial score (nSPS) is 10.8. The van der Waals surface area contributed by atoms with Gasteiger partial charge in [0.1, 0.15) is 42.3 Å². The van der Waals surface area contributed by atoms with E-state index in [4.69, 9.17) is 0 Å². The average Bonchev–Trinajstić information content (AvgIpc) is 2.62. The fraction of sp³-hybridized carbons (Fsp3) is 0. The molecule has 0 unspecified atom stereocenters. The lowest BCUT2D eigenvalue weighted by molar-refractivity contribution is 0.429. The molecule has 0 aliphatic carbocycles. The van der Waals surface area contributed by atoms with Crippen molar-refractivity contribution in [3.63, 3.8) is 0 Å². The van der Waals surface area contributed by atoms with Crippen LogP contribution in [0, 0.1) is 3.57 Å². The molecule has 0 aromatic heterocycles. The first-order valence-electron chi connectivity index (χ1n) is 7.89. The zero-order chi connectivity index (χ0) is 20.7. The smallest absolute Gasteiger partial charge is 0.149 e. The Kier molecular flexibility index (Phi) is 5.35. The summed E-state index contributed by atoms with van der Waals surface area (Å²) < 4.78 is 0.243. The van der Waals surface area contributed by atoms with Gasteiger partial charge >= 0.3 is 0 Å². The van der Waals surface area contributed by atoms with Gasteiger partial charge in [-0.25, -0.2) is 0 Å². The number of nitrogens with zero attached hydrogens (tertiary/aromatic N) is 1. The Morgan fingerprint density at radius 1 is 0.643 bits per heavy atom. The van der Waals surface area contributed by atoms with Crippen LogP contribution in [-0.2, 0) is 0 Å². The first kappa shape index (κ1) is 20.1. The Morgan fingerprint density at radius 2 is 0.964 bits per heavy atom. The maximum atomic E-state index is 10.1. The van der Waals surface area contributed by atoms with Gasteiger partial charge in [-0.3, -0.25) is 0 Å². The first-order chi connectivity index (χ1) is 13.1. The van der Waals surface area contributed by atoms with E-state index in [0.717, 1.165) is 0 Å². The van der Waals surface area contributed by atoms with Crippen molar-refractivity contribution in [1.82, 2.24) is 0 Å². The number of hydrogen-bond acceptors (Lipinski definition) is 8. The van der Waals surface area contributed by atoms with Gasteiger partial charge in [-0.15, -0.1) is 12.6 Å². The van der Waals surface area contributed by atoms with Crippen LogP contribution in [0.15, 0.2) is 41.3 Å². The molecule has 0 bridgehead atoms. The second-order valence-electron chi connectivity index (χ2n) is 6.08. The zero-order valence-corrected chi connectivity index (χ0v) is 17.5. The second kappa shape index (κ2) is 7.43. The first-order valence-corrected chi connectivity index (χ1v) is 9.42. The number of halogens is 1. The van der Waals surface area contributed by atoms with Crippen LogP contribution in [0.5, 0.6) is 34.5 Å². The average molecular weight is 511 g/mol. The summed E-state index contributed by atoms with van der Waals surface area (Å²) in [5.41, 5.74) is 1.01. The fourth-order valence-electron chi connectivity index (χ4n) is 2.67. The van der Waals surface area contributed by atoms with Crippen molar-refractivity contribution >= 4 is 65.6 Å². The van der Waals surface area contributed by atoms with Crippen molar-refractivity contribution in [3.05, 3.63) is 40.0 Å². The predicted octanol–water partition coefficient (Wildman–Crippen LogP) is 2.54. The summed E-state index contributed by atoms with van der Waals surface area (Å²) in [4.78, 5) is 1.40. The van der Waals surface area contributed by atoms with Gasteiger partial charge in [-0.2, -0.15) is 0 Å². The van der Waals surface area contributed by atoms with E-state index in [1.807, 2.05) is 0 Å². The van der Waals surface area contributed by atoms with Crippen LogP contribution in [0.4, 0.5) is 17.1 Å². The molecular weight excluding hydrogens is 496 g/mol. The predicted molar refractivity (Wildman–Crippen MR) is 119 cm³/mol. The lowest BCUT2D eigenvalue weighted by atomic mass is 9.93. The van der Waals surface area contributed by atoms with Crippen LogP contribution >= 0.6 is 35.2 Å². The standard InChI is InChI=1S/C18H15BINO6S/c19-16-10(22)1-7(2-11(16)23)21(8-3-12(24)17(20)13(25)4-8)9-5-14(26)18(28)15(27)6-9/h1-6,22-28H,19H2. The summed E-state index contributed by atoms with van der Waals surface area (Å²) in [7, 11) is 1.54. The molecule has 0 aliphatic heterocycles. The molecule has 0 saturated heterocycles. The molecule has 0 aliphatic rings. The number of hydrogen-bond donors (Lipinski definition) is 7. The molecule has 3 aromatic rings. The van der Waals surface area contributed by atoms with Crippen molar-refractivity contribution in [2.75, 3.05) is 4.90 Å². The van der Waals surface area contributed by atoms with E-state index < -0.39 is 0 Å². The van der Waals surface area contributed by atoms with Crippen molar-refractivity contribution < 1.29 is 30.6 Å². The number of anilines is 3. The molecule has 0 radical (unpaired) electrons. The summed E-state index contributed by atoms with van der Waals surface area (Å²) >= 11 is 5.79. The molecule has 0 amide bonds. The van der Waals surface area contributed by atoms with Crippen LogP contribution in [0.2, 0.25) is 0 Å². The Hall–Kier alpha value is -2.60. The largest absolute Gasteiger partial charge is 0.508 e. The summed E-state index contributed by atoms with van der Waals surface area (Å²) in [6, 6.07) is 8.06. The van der Waals surface area contributed by atoms with Gasteiger partial charge in [0.25, 0.3) is 0 Å². The van der Waals surface area contributed by atoms with Crippen LogP contribution in [0.1, 0.15) is 0 Å². The molecule has 28 heavy (non-hydrogen) atoms. The zero-order valence-electron chi connectivity index (χ0n) is 14.4. The minimum atomic E-state index is -0.303. The van der Waals surface area contributed by atoms with E-state index in [2.05, 4.69) is 12.6 Å². The maximum Gasteiger partial charge on any atom is 0.149 e. The Morgan fingerprint density at radius 3 is 1.36 bits per heavy atom. The highest BCUT2D eigenvalue weighted by Gasteiger charge is 2.21. The summed E-state index contributed by atoms with van der Waals surface area (Å²) in [5.74, 6) is -1.36. The molecule has 3 aromatic carbocycles. The summed E-state index contributed by atoms with van der Waals surface area (Å²) in [6.45, 7) is 0. The van der Waals surface area contributed by atoms with E-state index in [9.17, 15) is 30.6 Å². The number of rotatable bonds is 3. The minimum Gasteiger partial charge on any atom is -0.508 e. The SMILES string of the molecule is Bc1c(O)cc(N(c2cc(O)c(S)c(O)c2)c2cc(O)c(I)c(O)c2)cc1O. The number of phenols is 6. The molecule has 0 atom stereocenters. The number of thiol groups is 1. The maximum absolute atomic E-state index is 10.1. The molecule has 7 nitrogen and oxygen atoms in total. The highest BCUT2D eigenvalue weighted by Crippen LogP contribution is 2.45. The highest BCUT2D eigenvalue weighted by atomic mass is 127. The van der Waals surface area contributed by atoms with Gasteiger partial charge in [0, 0.05) is 36.4 Å². The summed E-state index contributed by atoms with van der Waals surface area (Å²) in [5, 5.41) is 60.7. The number of phenolic OH excluding ortho intramolecular Hbond substituents is 6. The topological polar surface area (TPSA) is 125 Å². The molecule has 0 fully saturated rings. The van der Waals surface area contributed by atoms with Crippen molar-refractivity contribution in [2.24, 2.45) is 0 Å². The Bertz CT molecular complexity index is 888.